The minimum atomic E-state index is -0.564. The summed E-state index contributed by atoms with van der Waals surface area (Å²) in [5.74, 6) is 0. The lowest BCUT2D eigenvalue weighted by Crippen LogP contribution is -2.19. The number of hydrogen-bond donors (Lipinski definition) is 3. The average Bonchev–Trinajstić information content (AvgIpc) is 2.41. The van der Waals surface area contributed by atoms with Crippen molar-refractivity contribution in [2.75, 3.05) is 10.6 Å². The van der Waals surface area contributed by atoms with Crippen LogP contribution in [0.1, 0.15) is 5.56 Å². The number of anilines is 2. The molecule has 0 spiro atoms. The first-order chi connectivity index (χ1) is 9.54. The fourth-order valence-corrected chi connectivity index (χ4v) is 2.34. The largest absolute Gasteiger partial charge is 0.381 e. The van der Waals surface area contributed by atoms with E-state index in [1.165, 1.54) is 5.56 Å². The summed E-state index contributed by atoms with van der Waals surface area (Å²) in [5.41, 5.74) is 7.86. The molecule has 0 bridgehead atoms. The van der Waals surface area contributed by atoms with Crippen molar-refractivity contribution in [3.63, 3.8) is 0 Å². The molecule has 2 aromatic carbocycles. The lowest BCUT2D eigenvalue weighted by atomic mass is 10.2. The molecule has 0 heterocycles. The van der Waals surface area contributed by atoms with Crippen LogP contribution in [0.4, 0.5) is 16.2 Å². The molecule has 104 valence electrons. The molecule has 4 nitrogen and oxygen atoms in total. The van der Waals surface area contributed by atoms with Gasteiger partial charge in [0.2, 0.25) is 0 Å². The number of hydrogen-bond acceptors (Lipinski definition) is 2. The topological polar surface area (TPSA) is 67.2 Å². The zero-order valence-corrected chi connectivity index (χ0v) is 13.7. The predicted octanol–water partition coefficient (Wildman–Crippen LogP) is 4.31. The van der Waals surface area contributed by atoms with Gasteiger partial charge in [0.1, 0.15) is 0 Å². The molecule has 2 amide bonds. The number of amides is 2. The lowest BCUT2D eigenvalue weighted by Gasteiger charge is -2.08. The highest BCUT2D eigenvalue weighted by molar-refractivity contribution is 9.13. The van der Waals surface area contributed by atoms with Gasteiger partial charge in [-0.3, -0.25) is 0 Å². The van der Waals surface area contributed by atoms with Crippen LogP contribution in [0.5, 0.6) is 0 Å². The van der Waals surface area contributed by atoms with E-state index in [0.29, 0.717) is 12.2 Å². The number of urea groups is 1. The Labute approximate surface area is 134 Å². The van der Waals surface area contributed by atoms with Crippen LogP contribution in [0.3, 0.4) is 0 Å². The van der Waals surface area contributed by atoms with E-state index < -0.39 is 6.03 Å². The van der Waals surface area contributed by atoms with Gasteiger partial charge in [-0.2, -0.15) is 0 Å². The molecular formula is C14H13Br2N3O. The van der Waals surface area contributed by atoms with Crippen molar-refractivity contribution in [3.8, 4) is 0 Å². The normalized spacial score (nSPS) is 10.1. The Morgan fingerprint density at radius 3 is 2.25 bits per heavy atom. The van der Waals surface area contributed by atoms with Gasteiger partial charge in [-0.05, 0) is 73.8 Å². The minimum Gasteiger partial charge on any atom is -0.381 e. The third kappa shape index (κ3) is 4.25. The molecule has 0 aliphatic heterocycles. The molecule has 0 fully saturated rings. The van der Waals surface area contributed by atoms with Crippen LogP contribution < -0.4 is 16.4 Å². The second-order valence-electron chi connectivity index (χ2n) is 4.17. The van der Waals surface area contributed by atoms with Crippen LogP contribution in [0, 0.1) is 0 Å². The highest BCUT2D eigenvalue weighted by Gasteiger charge is 2.00. The van der Waals surface area contributed by atoms with E-state index in [1.54, 1.807) is 12.1 Å². The molecule has 0 unspecified atom stereocenters. The van der Waals surface area contributed by atoms with E-state index >= 15 is 0 Å². The number of primary amides is 1. The molecule has 4 N–H and O–H groups in total. The number of carbonyl (C=O) groups is 1. The zero-order chi connectivity index (χ0) is 14.5. The van der Waals surface area contributed by atoms with Crippen LogP contribution in [0.25, 0.3) is 0 Å². The van der Waals surface area contributed by atoms with Gasteiger partial charge in [0, 0.05) is 26.9 Å². The van der Waals surface area contributed by atoms with Gasteiger partial charge in [0.05, 0.1) is 0 Å². The Morgan fingerprint density at radius 2 is 1.65 bits per heavy atom. The quantitative estimate of drug-likeness (QED) is 0.718. The third-order valence-corrected chi connectivity index (χ3v) is 4.51. The third-order valence-electron chi connectivity index (χ3n) is 2.63. The van der Waals surface area contributed by atoms with Crippen molar-refractivity contribution in [2.45, 2.75) is 6.54 Å². The highest BCUT2D eigenvalue weighted by Crippen LogP contribution is 2.24. The molecule has 0 aliphatic rings. The maximum absolute atomic E-state index is 10.7. The summed E-state index contributed by atoms with van der Waals surface area (Å²) in [6.45, 7) is 0.717. The summed E-state index contributed by atoms with van der Waals surface area (Å²) in [5, 5.41) is 5.83. The summed E-state index contributed by atoms with van der Waals surface area (Å²) < 4.78 is 2.06. The summed E-state index contributed by atoms with van der Waals surface area (Å²) in [4.78, 5) is 10.7. The monoisotopic (exact) mass is 397 g/mol. The molecule has 0 aromatic heterocycles. The number of carbonyl (C=O) groups excluding carboxylic acids is 1. The number of nitrogens with two attached hydrogens (primary N) is 1. The van der Waals surface area contributed by atoms with Gasteiger partial charge in [0.15, 0.2) is 0 Å². The van der Waals surface area contributed by atoms with Crippen molar-refractivity contribution in [1.82, 2.24) is 0 Å². The minimum absolute atomic E-state index is 0.564. The number of nitrogens with one attached hydrogen (secondary N) is 2. The summed E-state index contributed by atoms with van der Waals surface area (Å²) in [6, 6.07) is 12.9. The number of halogens is 2. The van der Waals surface area contributed by atoms with Crippen molar-refractivity contribution in [1.29, 1.82) is 0 Å². The Bertz CT molecular complexity index is 614. The van der Waals surface area contributed by atoms with Gasteiger partial charge in [0.25, 0.3) is 0 Å². The fraction of sp³-hybridized carbons (Fsp3) is 0.0714. The summed E-state index contributed by atoms with van der Waals surface area (Å²) in [6.07, 6.45) is 0. The molecule has 2 aromatic rings. The van der Waals surface area contributed by atoms with Gasteiger partial charge in [-0.25, -0.2) is 4.79 Å². The number of rotatable bonds is 4. The lowest BCUT2D eigenvalue weighted by molar-refractivity contribution is 0.259. The van der Waals surface area contributed by atoms with Gasteiger partial charge < -0.3 is 16.4 Å². The van der Waals surface area contributed by atoms with Crippen LogP contribution in [0.15, 0.2) is 51.4 Å². The Morgan fingerprint density at radius 1 is 1.00 bits per heavy atom. The maximum Gasteiger partial charge on any atom is 0.316 e. The average molecular weight is 399 g/mol. The van der Waals surface area contributed by atoms with Crippen molar-refractivity contribution in [2.24, 2.45) is 5.73 Å². The predicted molar refractivity (Wildman–Crippen MR) is 88.8 cm³/mol. The molecule has 0 saturated heterocycles. The van der Waals surface area contributed by atoms with E-state index in [1.807, 2.05) is 24.3 Å². The molecule has 0 radical (unpaired) electrons. The second kappa shape index (κ2) is 6.76. The van der Waals surface area contributed by atoms with E-state index in [9.17, 15) is 4.79 Å². The molecular weight excluding hydrogens is 386 g/mol. The van der Waals surface area contributed by atoms with Crippen molar-refractivity contribution < 1.29 is 4.79 Å². The van der Waals surface area contributed by atoms with Gasteiger partial charge in [-0.1, -0.05) is 6.07 Å². The smallest absolute Gasteiger partial charge is 0.316 e. The fourth-order valence-electron chi connectivity index (χ4n) is 1.67. The SMILES string of the molecule is NC(=O)Nc1ccc(NCc2ccc(Br)c(Br)c2)cc1. The molecule has 0 saturated carbocycles. The Balaban J connectivity index is 1.96. The first-order valence-corrected chi connectivity index (χ1v) is 7.47. The zero-order valence-electron chi connectivity index (χ0n) is 10.5. The van der Waals surface area contributed by atoms with Crippen LogP contribution in [-0.2, 0) is 6.54 Å². The molecule has 6 heteroatoms. The van der Waals surface area contributed by atoms with E-state index in [-0.39, 0.29) is 0 Å². The number of benzene rings is 2. The molecule has 2 rings (SSSR count). The van der Waals surface area contributed by atoms with Gasteiger partial charge >= 0.3 is 6.03 Å². The molecule has 0 atom stereocenters. The second-order valence-corrected chi connectivity index (χ2v) is 5.88. The van der Waals surface area contributed by atoms with Crippen molar-refractivity contribution >= 4 is 49.3 Å². The summed E-state index contributed by atoms with van der Waals surface area (Å²) >= 11 is 6.92. The molecule has 20 heavy (non-hydrogen) atoms. The first kappa shape index (κ1) is 14.9. The van der Waals surface area contributed by atoms with E-state index in [2.05, 4.69) is 48.6 Å². The Hall–Kier alpha value is -1.53. The molecule has 0 aliphatic carbocycles. The van der Waals surface area contributed by atoms with Crippen molar-refractivity contribution in [3.05, 3.63) is 57.0 Å². The van der Waals surface area contributed by atoms with Crippen LogP contribution >= 0.6 is 31.9 Å². The maximum atomic E-state index is 10.7. The van der Waals surface area contributed by atoms with E-state index in [4.69, 9.17) is 5.73 Å². The highest BCUT2D eigenvalue weighted by atomic mass is 79.9. The van der Waals surface area contributed by atoms with E-state index in [0.717, 1.165) is 14.6 Å². The standard InChI is InChI=1S/C14H13Br2N3O/c15-12-6-1-9(7-13(12)16)8-18-10-2-4-11(5-3-10)19-14(17)20/h1-7,18H,8H2,(H3,17,19,20). The Kier molecular flexibility index (Phi) is 5.03. The first-order valence-electron chi connectivity index (χ1n) is 5.89. The van der Waals surface area contributed by atoms with Crippen LogP contribution in [0.2, 0.25) is 0 Å². The van der Waals surface area contributed by atoms with Gasteiger partial charge in [-0.15, -0.1) is 0 Å². The summed E-state index contributed by atoms with van der Waals surface area (Å²) in [7, 11) is 0. The van der Waals surface area contributed by atoms with Crippen LogP contribution in [-0.4, -0.2) is 6.03 Å².